The molecular formula is C19H23NO. The van der Waals surface area contributed by atoms with Crippen LogP contribution in [0.4, 0.5) is 0 Å². The lowest BCUT2D eigenvalue weighted by molar-refractivity contribution is 0.0992. The molecule has 2 nitrogen and oxygen atoms in total. The van der Waals surface area contributed by atoms with Gasteiger partial charge < -0.3 is 0 Å². The molecule has 2 rings (SSSR count). The number of benzene rings is 1. The lowest BCUT2D eigenvalue weighted by atomic mass is 9.86. The Kier molecular flexibility index (Phi) is 4.56. The molecule has 1 aromatic heterocycles. The molecule has 0 amide bonds. The number of hydrogen-bond acceptors (Lipinski definition) is 2. The van der Waals surface area contributed by atoms with Gasteiger partial charge in [0.25, 0.3) is 0 Å². The van der Waals surface area contributed by atoms with Gasteiger partial charge >= 0.3 is 0 Å². The number of aromatic nitrogens is 1. The van der Waals surface area contributed by atoms with Gasteiger partial charge in [-0.3, -0.25) is 9.78 Å². The Balaban J connectivity index is 2.09. The molecule has 0 atom stereocenters. The molecule has 0 spiro atoms. The number of ketones is 1. The normalized spacial score (nSPS) is 11.4. The summed E-state index contributed by atoms with van der Waals surface area (Å²) in [5.41, 5.74) is 4.13. The van der Waals surface area contributed by atoms with E-state index in [1.807, 2.05) is 42.6 Å². The predicted octanol–water partition coefficient (Wildman–Crippen LogP) is 4.37. The Labute approximate surface area is 127 Å². The fraction of sp³-hybridized carbons (Fsp3) is 0.368. The third-order valence-corrected chi connectivity index (χ3v) is 3.71. The Morgan fingerprint density at radius 1 is 1.05 bits per heavy atom. The predicted molar refractivity (Wildman–Crippen MR) is 86.8 cm³/mol. The maximum Gasteiger partial charge on any atom is 0.168 e. The van der Waals surface area contributed by atoms with E-state index in [4.69, 9.17) is 0 Å². The second-order valence-electron chi connectivity index (χ2n) is 6.44. The monoisotopic (exact) mass is 281 g/mol. The molecule has 0 aliphatic carbocycles. The van der Waals surface area contributed by atoms with Crippen LogP contribution in [0.5, 0.6) is 0 Å². The lowest BCUT2D eigenvalue weighted by Gasteiger charge is -2.18. The van der Waals surface area contributed by atoms with Gasteiger partial charge in [-0.05, 0) is 29.0 Å². The van der Waals surface area contributed by atoms with Crippen LogP contribution in [0.15, 0.2) is 42.6 Å². The number of pyridine rings is 1. The zero-order valence-electron chi connectivity index (χ0n) is 13.3. The Bertz CT molecular complexity index is 604. The van der Waals surface area contributed by atoms with Crippen molar-refractivity contribution < 1.29 is 4.79 Å². The van der Waals surface area contributed by atoms with Gasteiger partial charge in [0.2, 0.25) is 0 Å². The van der Waals surface area contributed by atoms with E-state index in [0.29, 0.717) is 6.42 Å². The van der Waals surface area contributed by atoms with Crippen molar-refractivity contribution in [2.45, 2.75) is 46.0 Å². The summed E-state index contributed by atoms with van der Waals surface area (Å²) < 4.78 is 0. The van der Waals surface area contributed by atoms with Gasteiger partial charge in [0.15, 0.2) is 5.78 Å². The van der Waals surface area contributed by atoms with Crippen molar-refractivity contribution in [1.29, 1.82) is 0 Å². The van der Waals surface area contributed by atoms with Crippen molar-refractivity contribution >= 4 is 5.78 Å². The first-order valence-electron chi connectivity index (χ1n) is 7.47. The second-order valence-corrected chi connectivity index (χ2v) is 6.44. The highest BCUT2D eigenvalue weighted by Gasteiger charge is 2.14. The SMILES string of the molecule is CCc1ccc(CC(=O)c2ccc(C(C)(C)C)cc2)nc1. The molecule has 0 aliphatic rings. The third-order valence-electron chi connectivity index (χ3n) is 3.71. The van der Waals surface area contributed by atoms with E-state index >= 15 is 0 Å². The zero-order valence-corrected chi connectivity index (χ0v) is 13.3. The summed E-state index contributed by atoms with van der Waals surface area (Å²) in [4.78, 5) is 16.6. The molecule has 0 saturated carbocycles. The van der Waals surface area contributed by atoms with E-state index < -0.39 is 0 Å². The summed E-state index contributed by atoms with van der Waals surface area (Å²) in [6.45, 7) is 8.60. The first-order chi connectivity index (χ1) is 9.90. The first-order valence-corrected chi connectivity index (χ1v) is 7.47. The highest BCUT2D eigenvalue weighted by atomic mass is 16.1. The van der Waals surface area contributed by atoms with Crippen LogP contribution < -0.4 is 0 Å². The first kappa shape index (κ1) is 15.4. The van der Waals surface area contributed by atoms with Gasteiger partial charge in [-0.2, -0.15) is 0 Å². The van der Waals surface area contributed by atoms with Crippen molar-refractivity contribution in [3.8, 4) is 0 Å². The lowest BCUT2D eigenvalue weighted by Crippen LogP contribution is -2.12. The van der Waals surface area contributed by atoms with Crippen molar-refractivity contribution in [2.75, 3.05) is 0 Å². The van der Waals surface area contributed by atoms with E-state index in [-0.39, 0.29) is 11.2 Å². The number of Topliss-reactive ketones (excluding diaryl/α,β-unsaturated/α-hetero) is 1. The number of carbonyl (C=O) groups excluding carboxylic acids is 1. The maximum absolute atomic E-state index is 12.3. The molecule has 0 saturated heterocycles. The van der Waals surface area contributed by atoms with Crippen molar-refractivity contribution in [1.82, 2.24) is 4.98 Å². The van der Waals surface area contributed by atoms with E-state index in [0.717, 1.165) is 17.7 Å². The van der Waals surface area contributed by atoms with Crippen LogP contribution in [0, 0.1) is 0 Å². The van der Waals surface area contributed by atoms with E-state index in [1.54, 1.807) is 0 Å². The molecule has 0 radical (unpaired) electrons. The van der Waals surface area contributed by atoms with Crippen LogP contribution in [0.3, 0.4) is 0 Å². The average molecular weight is 281 g/mol. The van der Waals surface area contributed by atoms with Gasteiger partial charge in [0, 0.05) is 17.5 Å². The zero-order chi connectivity index (χ0) is 15.5. The maximum atomic E-state index is 12.3. The van der Waals surface area contributed by atoms with E-state index in [1.165, 1.54) is 11.1 Å². The number of nitrogens with zero attached hydrogens (tertiary/aromatic N) is 1. The number of carbonyl (C=O) groups is 1. The number of rotatable bonds is 4. The minimum absolute atomic E-state index is 0.110. The molecule has 1 aromatic carbocycles. The van der Waals surface area contributed by atoms with Gasteiger partial charge in [-0.15, -0.1) is 0 Å². The molecule has 0 unspecified atom stereocenters. The van der Waals surface area contributed by atoms with Gasteiger partial charge in [-0.1, -0.05) is 58.0 Å². The number of aryl methyl sites for hydroxylation is 1. The van der Waals surface area contributed by atoms with Gasteiger partial charge in [0.1, 0.15) is 0 Å². The molecule has 0 aliphatic heterocycles. The molecule has 110 valence electrons. The minimum atomic E-state index is 0.110. The fourth-order valence-electron chi connectivity index (χ4n) is 2.19. The topological polar surface area (TPSA) is 30.0 Å². The van der Waals surface area contributed by atoms with Crippen LogP contribution in [0.2, 0.25) is 0 Å². The molecule has 21 heavy (non-hydrogen) atoms. The van der Waals surface area contributed by atoms with Crippen LogP contribution in [0.1, 0.15) is 54.9 Å². The number of hydrogen-bond donors (Lipinski definition) is 0. The largest absolute Gasteiger partial charge is 0.294 e. The Morgan fingerprint density at radius 3 is 2.19 bits per heavy atom. The Hall–Kier alpha value is -1.96. The smallest absolute Gasteiger partial charge is 0.168 e. The molecule has 0 fully saturated rings. The summed E-state index contributed by atoms with van der Waals surface area (Å²) in [5, 5.41) is 0. The summed E-state index contributed by atoms with van der Waals surface area (Å²) in [5.74, 6) is 0.118. The van der Waals surface area contributed by atoms with Gasteiger partial charge in [-0.25, -0.2) is 0 Å². The summed E-state index contributed by atoms with van der Waals surface area (Å²) in [7, 11) is 0. The third kappa shape index (κ3) is 4.01. The molecule has 0 N–H and O–H groups in total. The van der Waals surface area contributed by atoms with Crippen molar-refractivity contribution in [3.05, 3.63) is 65.0 Å². The Morgan fingerprint density at radius 2 is 1.71 bits per heavy atom. The highest BCUT2D eigenvalue weighted by molar-refractivity contribution is 5.97. The second kappa shape index (κ2) is 6.21. The van der Waals surface area contributed by atoms with Gasteiger partial charge in [0.05, 0.1) is 6.42 Å². The summed E-state index contributed by atoms with van der Waals surface area (Å²) in [6, 6.07) is 11.9. The van der Waals surface area contributed by atoms with Crippen molar-refractivity contribution in [2.24, 2.45) is 0 Å². The molecule has 0 bridgehead atoms. The van der Waals surface area contributed by atoms with E-state index in [2.05, 4.69) is 32.7 Å². The fourth-order valence-corrected chi connectivity index (χ4v) is 2.19. The summed E-state index contributed by atoms with van der Waals surface area (Å²) >= 11 is 0. The quantitative estimate of drug-likeness (QED) is 0.779. The van der Waals surface area contributed by atoms with E-state index in [9.17, 15) is 4.79 Å². The van der Waals surface area contributed by atoms with Crippen LogP contribution in [-0.2, 0) is 18.3 Å². The summed E-state index contributed by atoms with van der Waals surface area (Å²) in [6.07, 6.45) is 3.18. The standard InChI is InChI=1S/C19H23NO/c1-5-14-6-11-17(20-13-14)12-18(21)15-7-9-16(10-8-15)19(2,3)4/h6-11,13H,5,12H2,1-4H3. The van der Waals surface area contributed by atoms with Crippen LogP contribution in [-0.4, -0.2) is 10.8 Å². The minimum Gasteiger partial charge on any atom is -0.294 e. The van der Waals surface area contributed by atoms with Crippen LogP contribution in [0.25, 0.3) is 0 Å². The highest BCUT2D eigenvalue weighted by Crippen LogP contribution is 2.22. The molecule has 2 aromatic rings. The molecular weight excluding hydrogens is 258 g/mol. The average Bonchev–Trinajstić information content (AvgIpc) is 2.47. The molecule has 1 heterocycles. The molecule has 2 heteroatoms. The van der Waals surface area contributed by atoms with Crippen molar-refractivity contribution in [3.63, 3.8) is 0 Å². The van der Waals surface area contributed by atoms with Crippen LogP contribution >= 0.6 is 0 Å².